The van der Waals surface area contributed by atoms with Gasteiger partial charge in [-0.15, -0.1) is 12.4 Å². The Morgan fingerprint density at radius 1 is 1.33 bits per heavy atom. The number of H-pyrrole nitrogens is 1. The van der Waals surface area contributed by atoms with Gasteiger partial charge in [0.25, 0.3) is 5.56 Å². The summed E-state index contributed by atoms with van der Waals surface area (Å²) >= 11 is 0. The van der Waals surface area contributed by atoms with Gasteiger partial charge < -0.3 is 11.1 Å². The van der Waals surface area contributed by atoms with Gasteiger partial charge in [0.15, 0.2) is 0 Å². The summed E-state index contributed by atoms with van der Waals surface area (Å²) < 4.78 is 0. The van der Waals surface area contributed by atoms with Gasteiger partial charge in [0, 0.05) is 30.2 Å². The molecule has 7 heteroatoms. The average Bonchev–Trinajstić information content (AvgIpc) is 2.42. The first kappa shape index (κ1) is 17.1. The number of aromatic nitrogens is 3. The molecule has 0 fully saturated rings. The van der Waals surface area contributed by atoms with Crippen molar-refractivity contribution in [1.29, 1.82) is 0 Å². The zero-order valence-electron chi connectivity index (χ0n) is 11.9. The van der Waals surface area contributed by atoms with Gasteiger partial charge in [-0.25, -0.2) is 4.98 Å². The van der Waals surface area contributed by atoms with Crippen molar-refractivity contribution in [3.05, 3.63) is 51.7 Å². The van der Waals surface area contributed by atoms with Gasteiger partial charge in [0.05, 0.1) is 0 Å². The van der Waals surface area contributed by atoms with E-state index in [1.807, 2.05) is 19.1 Å². The third kappa shape index (κ3) is 5.17. The van der Waals surface area contributed by atoms with Gasteiger partial charge in [0.1, 0.15) is 0 Å². The van der Waals surface area contributed by atoms with Gasteiger partial charge in [0.2, 0.25) is 5.95 Å². The van der Waals surface area contributed by atoms with Crippen LogP contribution in [0.4, 0.5) is 5.95 Å². The van der Waals surface area contributed by atoms with Crippen molar-refractivity contribution < 1.29 is 0 Å². The van der Waals surface area contributed by atoms with Crippen molar-refractivity contribution in [2.24, 2.45) is 0 Å². The third-order valence-electron chi connectivity index (χ3n) is 3.10. The van der Waals surface area contributed by atoms with Gasteiger partial charge in [-0.2, -0.15) is 0 Å². The van der Waals surface area contributed by atoms with Crippen LogP contribution in [0, 0.1) is 6.92 Å². The van der Waals surface area contributed by atoms with Crippen molar-refractivity contribution in [1.82, 2.24) is 20.3 Å². The standard InChI is InChI=1S/C14H19N5O.ClH/c1-10-12(13(20)19-14(15)18-10)3-2-6-17-9-11-4-7-16-8-5-11;/h4-5,7-8,17H,2-3,6,9H2,1H3,(H3,15,18,19,20);1H. The number of nitrogens with two attached hydrogens (primary N) is 1. The van der Waals surface area contributed by atoms with Gasteiger partial charge in [-0.05, 0) is 44.0 Å². The Kier molecular flexibility index (Phi) is 6.84. The molecule has 0 saturated heterocycles. The van der Waals surface area contributed by atoms with E-state index in [9.17, 15) is 4.79 Å². The minimum Gasteiger partial charge on any atom is -0.369 e. The molecule has 0 amide bonds. The number of halogens is 1. The highest BCUT2D eigenvalue weighted by molar-refractivity contribution is 5.85. The molecular formula is C14H20ClN5O. The van der Waals surface area contributed by atoms with Crippen LogP contribution in [-0.4, -0.2) is 21.5 Å². The molecule has 0 aromatic carbocycles. The Hall–Kier alpha value is -1.92. The second kappa shape index (κ2) is 8.39. The molecule has 2 rings (SSSR count). The van der Waals surface area contributed by atoms with Crippen LogP contribution in [0.1, 0.15) is 23.2 Å². The predicted molar refractivity (Wildman–Crippen MR) is 85.5 cm³/mol. The Bertz CT molecular complexity index is 615. The lowest BCUT2D eigenvalue weighted by Gasteiger charge is -2.06. The lowest BCUT2D eigenvalue weighted by Crippen LogP contribution is -2.21. The van der Waals surface area contributed by atoms with E-state index in [0.717, 1.165) is 19.5 Å². The van der Waals surface area contributed by atoms with E-state index in [2.05, 4.69) is 20.3 Å². The van der Waals surface area contributed by atoms with E-state index < -0.39 is 0 Å². The number of aryl methyl sites for hydroxylation is 1. The van der Waals surface area contributed by atoms with Crippen LogP contribution in [0.2, 0.25) is 0 Å². The molecule has 0 aliphatic rings. The molecule has 4 N–H and O–H groups in total. The Balaban J connectivity index is 0.00000220. The molecule has 0 unspecified atom stereocenters. The van der Waals surface area contributed by atoms with Crippen LogP contribution in [0.3, 0.4) is 0 Å². The monoisotopic (exact) mass is 309 g/mol. The highest BCUT2D eigenvalue weighted by atomic mass is 35.5. The lowest BCUT2D eigenvalue weighted by atomic mass is 10.1. The summed E-state index contributed by atoms with van der Waals surface area (Å²) in [7, 11) is 0. The summed E-state index contributed by atoms with van der Waals surface area (Å²) in [6.45, 7) is 3.45. The number of nitrogens with one attached hydrogen (secondary N) is 2. The van der Waals surface area contributed by atoms with Crippen molar-refractivity contribution >= 4 is 18.4 Å². The van der Waals surface area contributed by atoms with Crippen molar-refractivity contribution in [2.75, 3.05) is 12.3 Å². The summed E-state index contributed by atoms with van der Waals surface area (Å²) in [5.74, 6) is 0.173. The molecule has 0 atom stereocenters. The largest absolute Gasteiger partial charge is 0.369 e. The fourth-order valence-electron chi connectivity index (χ4n) is 2.05. The maximum atomic E-state index is 11.7. The number of nitrogen functional groups attached to an aromatic ring is 1. The highest BCUT2D eigenvalue weighted by Gasteiger charge is 2.06. The maximum absolute atomic E-state index is 11.7. The normalized spacial score (nSPS) is 10.1. The van der Waals surface area contributed by atoms with E-state index >= 15 is 0 Å². The Morgan fingerprint density at radius 3 is 2.71 bits per heavy atom. The Morgan fingerprint density at radius 2 is 2.05 bits per heavy atom. The Labute approximate surface area is 129 Å². The van der Waals surface area contributed by atoms with E-state index in [-0.39, 0.29) is 23.9 Å². The van der Waals surface area contributed by atoms with Crippen LogP contribution >= 0.6 is 12.4 Å². The van der Waals surface area contributed by atoms with Crippen molar-refractivity contribution in [3.8, 4) is 0 Å². The number of nitrogens with zero attached hydrogens (tertiary/aromatic N) is 2. The van der Waals surface area contributed by atoms with Crippen molar-refractivity contribution in [3.63, 3.8) is 0 Å². The molecule has 2 aromatic rings. The van der Waals surface area contributed by atoms with Crippen LogP contribution in [0.5, 0.6) is 0 Å². The summed E-state index contributed by atoms with van der Waals surface area (Å²) in [5.41, 5.74) is 7.97. The number of aromatic amines is 1. The maximum Gasteiger partial charge on any atom is 0.255 e. The van der Waals surface area contributed by atoms with E-state index in [1.165, 1.54) is 5.56 Å². The van der Waals surface area contributed by atoms with Gasteiger partial charge in [-0.3, -0.25) is 14.8 Å². The molecule has 0 radical (unpaired) electrons. The van der Waals surface area contributed by atoms with Gasteiger partial charge in [-0.1, -0.05) is 0 Å². The topological polar surface area (TPSA) is 96.7 Å². The fraction of sp³-hybridized carbons (Fsp3) is 0.357. The zero-order chi connectivity index (χ0) is 14.4. The number of anilines is 1. The van der Waals surface area contributed by atoms with Crippen LogP contribution in [0.15, 0.2) is 29.3 Å². The molecule has 2 heterocycles. The minimum atomic E-state index is -0.135. The number of rotatable bonds is 6. The summed E-state index contributed by atoms with van der Waals surface area (Å²) in [6.07, 6.45) is 5.12. The molecule has 0 saturated carbocycles. The van der Waals surface area contributed by atoms with Crippen molar-refractivity contribution in [2.45, 2.75) is 26.3 Å². The third-order valence-corrected chi connectivity index (χ3v) is 3.10. The zero-order valence-corrected chi connectivity index (χ0v) is 12.7. The second-order valence-corrected chi connectivity index (χ2v) is 4.65. The van der Waals surface area contributed by atoms with Crippen LogP contribution in [-0.2, 0) is 13.0 Å². The summed E-state index contributed by atoms with van der Waals surface area (Å²) in [5, 5.41) is 3.34. The first-order valence-corrected chi connectivity index (χ1v) is 6.61. The molecule has 0 spiro atoms. The van der Waals surface area contributed by atoms with Crippen LogP contribution < -0.4 is 16.6 Å². The molecule has 2 aromatic heterocycles. The molecule has 21 heavy (non-hydrogen) atoms. The molecule has 6 nitrogen and oxygen atoms in total. The molecule has 0 aliphatic heterocycles. The minimum absolute atomic E-state index is 0. The first-order valence-electron chi connectivity index (χ1n) is 6.61. The molecule has 0 aliphatic carbocycles. The highest BCUT2D eigenvalue weighted by Crippen LogP contribution is 2.03. The average molecular weight is 310 g/mol. The summed E-state index contributed by atoms with van der Waals surface area (Å²) in [4.78, 5) is 22.3. The smallest absolute Gasteiger partial charge is 0.255 e. The number of hydrogen-bond donors (Lipinski definition) is 3. The number of pyridine rings is 1. The van der Waals surface area contributed by atoms with Crippen LogP contribution in [0.25, 0.3) is 0 Å². The molecule has 0 bridgehead atoms. The predicted octanol–water partition coefficient (Wildman–Crippen LogP) is 1.20. The fourth-order valence-corrected chi connectivity index (χ4v) is 2.05. The number of hydrogen-bond acceptors (Lipinski definition) is 5. The van der Waals surface area contributed by atoms with E-state index in [1.54, 1.807) is 12.4 Å². The van der Waals surface area contributed by atoms with E-state index in [0.29, 0.717) is 17.7 Å². The van der Waals surface area contributed by atoms with Gasteiger partial charge >= 0.3 is 0 Å². The quantitative estimate of drug-likeness (QED) is 0.697. The molecular weight excluding hydrogens is 290 g/mol. The van der Waals surface area contributed by atoms with E-state index in [4.69, 9.17) is 5.73 Å². The summed E-state index contributed by atoms with van der Waals surface area (Å²) in [6, 6.07) is 3.96. The SMILES string of the molecule is Cc1nc(N)[nH]c(=O)c1CCCNCc1ccncc1.Cl. The lowest BCUT2D eigenvalue weighted by molar-refractivity contribution is 0.645. The first-order chi connectivity index (χ1) is 9.66. The molecule has 114 valence electrons. The second-order valence-electron chi connectivity index (χ2n) is 4.65.